The fraction of sp³-hybridized carbons (Fsp3) is 0.806. The minimum absolute atomic E-state index is 0.0302. The molecule has 4 amide bonds. The summed E-state index contributed by atoms with van der Waals surface area (Å²) in [6.45, 7) is 11.9. The molecule has 0 aliphatic heterocycles. The largest absolute Gasteiger partial charge is 0.380 e. The lowest BCUT2D eigenvalue weighted by Crippen LogP contribution is -2.37. The van der Waals surface area contributed by atoms with Crippen molar-refractivity contribution in [3.63, 3.8) is 0 Å². The summed E-state index contributed by atoms with van der Waals surface area (Å²) in [4.78, 5) is 47.9. The summed E-state index contributed by atoms with van der Waals surface area (Å²) in [6.07, 6.45) is 13.5. The zero-order valence-corrected chi connectivity index (χ0v) is 26.1. The average molecular weight is 582 g/mol. The monoisotopic (exact) mass is 581 g/mol. The third-order valence-corrected chi connectivity index (χ3v) is 7.21. The molecule has 1 rings (SSSR count). The van der Waals surface area contributed by atoms with Crippen molar-refractivity contribution in [1.82, 2.24) is 15.5 Å². The van der Waals surface area contributed by atoms with Gasteiger partial charge in [-0.05, 0) is 66.4 Å². The van der Waals surface area contributed by atoms with E-state index < -0.39 is 11.5 Å². The van der Waals surface area contributed by atoms with Crippen molar-refractivity contribution in [1.29, 1.82) is 0 Å². The molecular formula is C31H55N3O7. The lowest BCUT2D eigenvalue weighted by atomic mass is 9.96. The maximum absolute atomic E-state index is 12.4. The van der Waals surface area contributed by atoms with E-state index in [9.17, 15) is 19.2 Å². The second-order valence-electron chi connectivity index (χ2n) is 11.9. The smallest absolute Gasteiger partial charge is 0.252 e. The van der Waals surface area contributed by atoms with Crippen LogP contribution in [0, 0.1) is 0 Å². The van der Waals surface area contributed by atoms with Crippen LogP contribution in [0.3, 0.4) is 0 Å². The zero-order valence-electron chi connectivity index (χ0n) is 26.1. The fourth-order valence-electron chi connectivity index (χ4n) is 4.48. The highest BCUT2D eigenvalue weighted by Crippen LogP contribution is 2.20. The summed E-state index contributed by atoms with van der Waals surface area (Å²) in [5, 5.41) is 5.91. The molecule has 1 aliphatic rings. The number of hydrogen-bond acceptors (Lipinski definition) is 7. The molecule has 10 nitrogen and oxygen atoms in total. The van der Waals surface area contributed by atoms with E-state index in [4.69, 9.17) is 14.2 Å². The lowest BCUT2D eigenvalue weighted by molar-refractivity contribution is -0.135. The number of carbonyl (C=O) groups excluding carboxylic acids is 4. The Balaban J connectivity index is 2.14. The fourth-order valence-corrected chi connectivity index (χ4v) is 4.48. The van der Waals surface area contributed by atoms with E-state index in [1.807, 2.05) is 27.7 Å². The van der Waals surface area contributed by atoms with E-state index in [0.717, 1.165) is 17.7 Å². The Morgan fingerprint density at radius 1 is 0.829 bits per heavy atom. The van der Waals surface area contributed by atoms with Crippen LogP contribution in [0.1, 0.15) is 105 Å². The first-order valence-corrected chi connectivity index (χ1v) is 15.3. The van der Waals surface area contributed by atoms with Crippen molar-refractivity contribution in [2.24, 2.45) is 0 Å². The molecule has 0 aromatic heterocycles. The number of carbonyl (C=O) groups is 4. The molecule has 0 saturated heterocycles. The molecule has 10 heteroatoms. The van der Waals surface area contributed by atoms with Crippen LogP contribution in [0.2, 0.25) is 0 Å². The molecule has 0 aromatic rings. The normalized spacial score (nSPS) is 15.2. The predicted octanol–water partition coefficient (Wildman–Crippen LogP) is 4.06. The minimum Gasteiger partial charge on any atom is -0.380 e. The van der Waals surface area contributed by atoms with Crippen molar-refractivity contribution >= 4 is 24.1 Å². The molecule has 2 N–H and O–H groups in total. The van der Waals surface area contributed by atoms with Gasteiger partial charge in [0.2, 0.25) is 18.2 Å². The molecule has 0 atom stereocenters. The highest BCUT2D eigenvalue weighted by molar-refractivity contribution is 5.94. The summed E-state index contributed by atoms with van der Waals surface area (Å²) in [6, 6.07) is 0.307. The number of rotatable bonds is 20. The summed E-state index contributed by atoms with van der Waals surface area (Å²) in [5.74, 6) is -0.624. The van der Waals surface area contributed by atoms with Gasteiger partial charge in [-0.25, -0.2) is 0 Å². The predicted molar refractivity (Wildman–Crippen MR) is 159 cm³/mol. The van der Waals surface area contributed by atoms with Gasteiger partial charge in [0.15, 0.2) is 0 Å². The summed E-state index contributed by atoms with van der Waals surface area (Å²) >= 11 is 0. The van der Waals surface area contributed by atoms with Gasteiger partial charge in [0.05, 0.1) is 31.0 Å². The highest BCUT2D eigenvalue weighted by atomic mass is 16.5. The Morgan fingerprint density at radius 3 is 2.07 bits per heavy atom. The Bertz CT molecular complexity index is 806. The van der Waals surface area contributed by atoms with E-state index >= 15 is 0 Å². The maximum Gasteiger partial charge on any atom is 0.252 e. The van der Waals surface area contributed by atoms with Crippen molar-refractivity contribution in [3.8, 4) is 0 Å². The third kappa shape index (κ3) is 18.7. The zero-order chi connectivity index (χ0) is 30.6. The Kier molecular flexibility index (Phi) is 18.4. The number of amides is 4. The van der Waals surface area contributed by atoms with Gasteiger partial charge in [-0.15, -0.1) is 0 Å². The van der Waals surface area contributed by atoms with Crippen molar-refractivity contribution in [2.45, 2.75) is 122 Å². The SMILES string of the molecule is C/C=C\C(=O)N(C=O)CCC(=O)NCCOCCC(C)(C)OCCC(C)(C)OCCC(=O)NC1CCCCCCC1. The number of hydrogen-bond donors (Lipinski definition) is 2. The van der Waals surface area contributed by atoms with Crippen LogP contribution in [0.25, 0.3) is 0 Å². The van der Waals surface area contributed by atoms with E-state index in [1.54, 1.807) is 13.0 Å². The number of ether oxygens (including phenoxy) is 3. The van der Waals surface area contributed by atoms with E-state index in [0.29, 0.717) is 64.7 Å². The van der Waals surface area contributed by atoms with Crippen LogP contribution in [0.5, 0.6) is 0 Å². The summed E-state index contributed by atoms with van der Waals surface area (Å²) in [5.41, 5.74) is -0.775. The second-order valence-corrected chi connectivity index (χ2v) is 11.9. The van der Waals surface area contributed by atoms with Gasteiger partial charge in [-0.3, -0.25) is 24.1 Å². The van der Waals surface area contributed by atoms with Gasteiger partial charge < -0.3 is 24.8 Å². The standard InChI is InChI=1S/C31H55N3O7/c1-6-12-29(38)34(25-35)20-15-27(36)32-19-24-39-22-17-30(2,3)41-23-18-31(4,5)40-21-16-28(37)33-26-13-10-8-7-9-11-14-26/h6,12,25-26H,7-11,13-24H2,1-5H3,(H,32,36)(H,33,37)/b12-6-. The van der Waals surface area contributed by atoms with Gasteiger partial charge in [0.25, 0.3) is 5.91 Å². The van der Waals surface area contributed by atoms with Gasteiger partial charge in [0, 0.05) is 38.6 Å². The molecule has 236 valence electrons. The third-order valence-electron chi connectivity index (χ3n) is 7.21. The lowest BCUT2D eigenvalue weighted by Gasteiger charge is -2.30. The Labute approximate surface area is 247 Å². The van der Waals surface area contributed by atoms with Crippen molar-refractivity contribution in [3.05, 3.63) is 12.2 Å². The average Bonchev–Trinajstić information content (AvgIpc) is 2.87. The van der Waals surface area contributed by atoms with Crippen LogP contribution in [-0.4, -0.2) is 85.8 Å². The second kappa shape index (κ2) is 20.6. The van der Waals surface area contributed by atoms with Gasteiger partial charge >= 0.3 is 0 Å². The van der Waals surface area contributed by atoms with E-state index in [2.05, 4.69) is 10.6 Å². The molecule has 0 bridgehead atoms. The quantitative estimate of drug-likeness (QED) is 0.126. The summed E-state index contributed by atoms with van der Waals surface area (Å²) in [7, 11) is 0. The molecule has 0 heterocycles. The number of nitrogens with zero attached hydrogens (tertiary/aromatic N) is 1. The maximum atomic E-state index is 12.4. The molecule has 1 fully saturated rings. The molecule has 0 aromatic carbocycles. The molecule has 1 saturated carbocycles. The molecule has 41 heavy (non-hydrogen) atoms. The van der Waals surface area contributed by atoms with Crippen molar-refractivity contribution < 1.29 is 33.4 Å². The molecule has 1 aliphatic carbocycles. The number of allylic oxidation sites excluding steroid dienone is 1. The minimum atomic E-state index is -0.445. The van der Waals surface area contributed by atoms with Gasteiger partial charge in [0.1, 0.15) is 0 Å². The van der Waals surface area contributed by atoms with Crippen LogP contribution in [0.15, 0.2) is 12.2 Å². The number of imide groups is 1. The van der Waals surface area contributed by atoms with Crippen LogP contribution in [0.4, 0.5) is 0 Å². The Hall–Kier alpha value is -2.30. The molecule has 0 radical (unpaired) electrons. The first kappa shape index (κ1) is 36.7. The molecular weight excluding hydrogens is 526 g/mol. The topological polar surface area (TPSA) is 123 Å². The van der Waals surface area contributed by atoms with Crippen LogP contribution >= 0.6 is 0 Å². The summed E-state index contributed by atoms with van der Waals surface area (Å²) < 4.78 is 17.7. The van der Waals surface area contributed by atoms with Gasteiger partial charge in [-0.1, -0.05) is 38.2 Å². The first-order chi connectivity index (χ1) is 19.5. The Morgan fingerprint density at radius 2 is 1.44 bits per heavy atom. The van der Waals surface area contributed by atoms with Crippen LogP contribution < -0.4 is 10.6 Å². The molecule has 0 spiro atoms. The van der Waals surface area contributed by atoms with Crippen LogP contribution in [-0.2, 0) is 33.4 Å². The van der Waals surface area contributed by atoms with E-state index in [1.165, 1.54) is 38.2 Å². The number of nitrogens with one attached hydrogen (secondary N) is 2. The first-order valence-electron chi connectivity index (χ1n) is 15.3. The van der Waals surface area contributed by atoms with Gasteiger partial charge in [-0.2, -0.15) is 0 Å². The highest BCUT2D eigenvalue weighted by Gasteiger charge is 2.23. The van der Waals surface area contributed by atoms with E-state index in [-0.39, 0.29) is 30.4 Å². The molecule has 0 unspecified atom stereocenters. The van der Waals surface area contributed by atoms with Crippen molar-refractivity contribution in [2.75, 3.05) is 39.5 Å².